The van der Waals surface area contributed by atoms with E-state index in [4.69, 9.17) is 21.1 Å². The smallest absolute Gasteiger partial charge is 0.321 e. The lowest BCUT2D eigenvalue weighted by molar-refractivity contribution is -0.139. The maximum absolute atomic E-state index is 13.2. The van der Waals surface area contributed by atoms with Crippen LogP contribution in [0, 0.1) is 5.82 Å². The summed E-state index contributed by atoms with van der Waals surface area (Å²) in [6.07, 6.45) is 2.20. The van der Waals surface area contributed by atoms with Gasteiger partial charge in [0, 0.05) is 35.6 Å². The van der Waals surface area contributed by atoms with Crippen molar-refractivity contribution in [2.24, 2.45) is 0 Å². The van der Waals surface area contributed by atoms with E-state index in [0.29, 0.717) is 30.0 Å². The minimum absolute atomic E-state index is 0.152. The fourth-order valence-corrected chi connectivity index (χ4v) is 3.97. The summed E-state index contributed by atoms with van der Waals surface area (Å²) in [7, 11) is 1.53. The molecule has 34 heavy (non-hydrogen) atoms. The van der Waals surface area contributed by atoms with Crippen LogP contribution in [0.5, 0.6) is 11.5 Å². The van der Waals surface area contributed by atoms with Gasteiger partial charge in [0.05, 0.1) is 12.1 Å². The number of carboxylic acids is 1. The minimum Gasteiger partial charge on any atom is -0.493 e. The highest BCUT2D eigenvalue weighted by Gasteiger charge is 2.19. The first-order valence-corrected chi connectivity index (χ1v) is 11.1. The van der Waals surface area contributed by atoms with Crippen molar-refractivity contribution >= 4 is 28.5 Å². The Morgan fingerprint density at radius 2 is 1.94 bits per heavy atom. The number of aromatic nitrogens is 1. The molecule has 1 atom stereocenters. The van der Waals surface area contributed by atoms with Crippen molar-refractivity contribution in [1.29, 1.82) is 0 Å². The van der Waals surface area contributed by atoms with E-state index in [2.05, 4.69) is 10.3 Å². The predicted octanol–water partition coefficient (Wildman–Crippen LogP) is 5.33. The molecular weight excluding hydrogens is 459 g/mol. The molecule has 1 aromatic heterocycles. The molecule has 1 heterocycles. The van der Waals surface area contributed by atoms with Gasteiger partial charge in [-0.05, 0) is 41.5 Å². The zero-order valence-electron chi connectivity index (χ0n) is 18.5. The summed E-state index contributed by atoms with van der Waals surface area (Å²) in [4.78, 5) is 15.1. The summed E-state index contributed by atoms with van der Waals surface area (Å²) in [6, 6.07) is 16.6. The number of carboxylic acid groups (broad SMARTS) is 1. The van der Waals surface area contributed by atoms with Crippen molar-refractivity contribution in [1.82, 2.24) is 10.3 Å². The molecule has 3 aromatic carbocycles. The van der Waals surface area contributed by atoms with E-state index in [1.807, 2.05) is 36.5 Å². The van der Waals surface area contributed by atoms with Gasteiger partial charge in [-0.2, -0.15) is 0 Å². The van der Waals surface area contributed by atoms with E-state index in [0.717, 1.165) is 22.0 Å². The SMILES string of the molecule is COc1cc(CN[C@@H](Cc2c[nH]c3ccccc23)C(=O)O)ccc1OCc1ccc(F)cc1Cl. The Labute approximate surface area is 201 Å². The molecule has 0 spiro atoms. The molecule has 0 radical (unpaired) electrons. The highest BCUT2D eigenvalue weighted by Crippen LogP contribution is 2.30. The van der Waals surface area contributed by atoms with Gasteiger partial charge in [-0.3, -0.25) is 4.79 Å². The van der Waals surface area contributed by atoms with E-state index in [-0.39, 0.29) is 11.6 Å². The number of ether oxygens (including phenoxy) is 2. The number of methoxy groups -OCH3 is 1. The zero-order valence-corrected chi connectivity index (χ0v) is 19.2. The predicted molar refractivity (Wildman–Crippen MR) is 129 cm³/mol. The fraction of sp³-hybridized carbons (Fsp3) is 0.192. The van der Waals surface area contributed by atoms with E-state index in [1.165, 1.54) is 19.2 Å². The number of hydrogen-bond donors (Lipinski definition) is 3. The normalized spacial score (nSPS) is 12.0. The Hall–Kier alpha value is -3.55. The van der Waals surface area contributed by atoms with Crippen LogP contribution in [0.2, 0.25) is 5.02 Å². The molecule has 0 fully saturated rings. The number of fused-ring (bicyclic) bond motifs is 1. The molecule has 0 aliphatic heterocycles. The maximum atomic E-state index is 13.2. The summed E-state index contributed by atoms with van der Waals surface area (Å²) in [5, 5.41) is 14.2. The molecule has 4 aromatic rings. The second kappa shape index (κ2) is 10.6. The van der Waals surface area contributed by atoms with Gasteiger partial charge < -0.3 is 24.9 Å². The Balaban J connectivity index is 1.41. The Bertz CT molecular complexity index is 1310. The number of nitrogens with one attached hydrogen (secondary N) is 2. The van der Waals surface area contributed by atoms with Crippen LogP contribution in [0.4, 0.5) is 4.39 Å². The number of H-pyrrole nitrogens is 1. The minimum atomic E-state index is -0.923. The van der Waals surface area contributed by atoms with Crippen molar-refractivity contribution in [2.45, 2.75) is 25.6 Å². The zero-order chi connectivity index (χ0) is 24.1. The number of carbonyl (C=O) groups is 1. The third-order valence-electron chi connectivity index (χ3n) is 5.58. The maximum Gasteiger partial charge on any atom is 0.321 e. The second-order valence-electron chi connectivity index (χ2n) is 7.84. The van der Waals surface area contributed by atoms with E-state index in [1.54, 1.807) is 18.2 Å². The van der Waals surface area contributed by atoms with Gasteiger partial charge in [0.15, 0.2) is 11.5 Å². The molecule has 4 rings (SSSR count). The molecular formula is C26H24ClFN2O4. The molecule has 176 valence electrons. The molecule has 0 saturated heterocycles. The number of halogens is 2. The van der Waals surface area contributed by atoms with Crippen molar-refractivity contribution < 1.29 is 23.8 Å². The van der Waals surface area contributed by atoms with Crippen LogP contribution in [0.25, 0.3) is 10.9 Å². The van der Waals surface area contributed by atoms with Crippen LogP contribution in [-0.2, 0) is 24.4 Å². The lowest BCUT2D eigenvalue weighted by Gasteiger charge is -2.16. The lowest BCUT2D eigenvalue weighted by atomic mass is 10.0. The first-order chi connectivity index (χ1) is 16.4. The number of aliphatic carboxylic acids is 1. The molecule has 0 saturated carbocycles. The Kier molecular flexibility index (Phi) is 7.35. The average Bonchev–Trinajstić information content (AvgIpc) is 3.24. The highest BCUT2D eigenvalue weighted by atomic mass is 35.5. The molecule has 0 unspecified atom stereocenters. The first kappa shape index (κ1) is 23.6. The quantitative estimate of drug-likeness (QED) is 0.284. The summed E-state index contributed by atoms with van der Waals surface area (Å²) in [5.41, 5.74) is 3.41. The first-order valence-electron chi connectivity index (χ1n) is 10.7. The summed E-state index contributed by atoms with van der Waals surface area (Å²) >= 11 is 6.06. The van der Waals surface area contributed by atoms with Crippen LogP contribution >= 0.6 is 11.6 Å². The van der Waals surface area contributed by atoms with Crippen molar-refractivity contribution in [3.05, 3.63) is 94.4 Å². The van der Waals surface area contributed by atoms with Gasteiger partial charge in [-0.1, -0.05) is 41.9 Å². The largest absolute Gasteiger partial charge is 0.493 e. The molecule has 8 heteroatoms. The van der Waals surface area contributed by atoms with Gasteiger partial charge in [0.1, 0.15) is 18.5 Å². The molecule has 0 aliphatic rings. The molecule has 0 bridgehead atoms. The van der Waals surface area contributed by atoms with Crippen molar-refractivity contribution in [2.75, 3.05) is 7.11 Å². The van der Waals surface area contributed by atoms with Gasteiger partial charge in [-0.25, -0.2) is 4.39 Å². The molecule has 0 aliphatic carbocycles. The van der Waals surface area contributed by atoms with Crippen LogP contribution < -0.4 is 14.8 Å². The number of aromatic amines is 1. The summed E-state index contributed by atoms with van der Waals surface area (Å²) < 4.78 is 24.5. The molecule has 6 nitrogen and oxygen atoms in total. The van der Waals surface area contributed by atoms with Crippen LogP contribution in [0.1, 0.15) is 16.7 Å². The van der Waals surface area contributed by atoms with Gasteiger partial charge in [0.25, 0.3) is 0 Å². The van der Waals surface area contributed by atoms with E-state index < -0.39 is 17.8 Å². The van der Waals surface area contributed by atoms with Crippen molar-refractivity contribution in [3.8, 4) is 11.5 Å². The third kappa shape index (κ3) is 5.50. The van der Waals surface area contributed by atoms with Crippen LogP contribution in [-0.4, -0.2) is 29.2 Å². The van der Waals surface area contributed by atoms with E-state index in [9.17, 15) is 14.3 Å². The highest BCUT2D eigenvalue weighted by molar-refractivity contribution is 6.31. The average molecular weight is 483 g/mol. The van der Waals surface area contributed by atoms with Crippen LogP contribution in [0.15, 0.2) is 66.9 Å². The molecule has 0 amide bonds. The van der Waals surface area contributed by atoms with Crippen molar-refractivity contribution in [3.63, 3.8) is 0 Å². The topological polar surface area (TPSA) is 83.6 Å². The molecule has 3 N–H and O–H groups in total. The second-order valence-corrected chi connectivity index (χ2v) is 8.25. The van der Waals surface area contributed by atoms with Gasteiger partial charge in [-0.15, -0.1) is 0 Å². The Morgan fingerprint density at radius 3 is 2.71 bits per heavy atom. The fourth-order valence-electron chi connectivity index (χ4n) is 3.74. The number of benzene rings is 3. The monoisotopic (exact) mass is 482 g/mol. The lowest BCUT2D eigenvalue weighted by Crippen LogP contribution is -2.38. The van der Waals surface area contributed by atoms with Gasteiger partial charge in [0.2, 0.25) is 0 Å². The third-order valence-corrected chi connectivity index (χ3v) is 5.93. The van der Waals surface area contributed by atoms with E-state index >= 15 is 0 Å². The standard InChI is InChI=1S/C26H24ClFN2O4/c1-33-25-10-16(6-9-24(25)34-15-17-7-8-19(28)12-21(17)27)13-29-23(26(31)32)11-18-14-30-22-5-3-2-4-20(18)22/h2-10,12,14,23,29-30H,11,13,15H2,1H3,(H,31,32)/t23-/m0/s1. The number of rotatable bonds is 10. The van der Waals surface area contributed by atoms with Gasteiger partial charge >= 0.3 is 5.97 Å². The van der Waals surface area contributed by atoms with Crippen LogP contribution in [0.3, 0.4) is 0 Å². The Morgan fingerprint density at radius 1 is 1.12 bits per heavy atom. The summed E-state index contributed by atoms with van der Waals surface area (Å²) in [6.45, 7) is 0.485. The number of para-hydroxylation sites is 1. The summed E-state index contributed by atoms with van der Waals surface area (Å²) in [5.74, 6) is -0.331. The number of hydrogen-bond acceptors (Lipinski definition) is 4.